The molecule has 282 valence electrons. The van der Waals surface area contributed by atoms with Gasteiger partial charge in [-0.05, 0) is 114 Å². The minimum Gasteiger partial charge on any atom is -0.310 e. The Labute approximate surface area is 352 Å². The molecule has 0 saturated heterocycles. The van der Waals surface area contributed by atoms with Crippen LogP contribution in [0.25, 0.3) is 55.3 Å². The molecular formula is C59H41N. The summed E-state index contributed by atoms with van der Waals surface area (Å²) in [6.45, 7) is 0. The van der Waals surface area contributed by atoms with Crippen molar-refractivity contribution in [1.82, 2.24) is 0 Å². The molecule has 0 radical (unpaired) electrons. The number of hydrogen-bond donors (Lipinski definition) is 0. The summed E-state index contributed by atoms with van der Waals surface area (Å²) in [6, 6.07) is 91.0. The Balaban J connectivity index is 1.09. The molecule has 0 N–H and O–H groups in total. The molecule has 60 heavy (non-hydrogen) atoms. The highest BCUT2D eigenvalue weighted by Crippen LogP contribution is 2.59. The van der Waals surface area contributed by atoms with E-state index >= 15 is 0 Å². The normalized spacial score (nSPS) is 12.5. The van der Waals surface area contributed by atoms with Gasteiger partial charge in [-0.2, -0.15) is 0 Å². The van der Waals surface area contributed by atoms with Gasteiger partial charge >= 0.3 is 0 Å². The average Bonchev–Trinajstić information content (AvgIpc) is 3.64. The van der Waals surface area contributed by atoms with E-state index in [4.69, 9.17) is 0 Å². The number of anilines is 3. The van der Waals surface area contributed by atoms with Gasteiger partial charge in [-0.15, -0.1) is 0 Å². The molecule has 0 unspecified atom stereocenters. The topological polar surface area (TPSA) is 3.24 Å². The largest absolute Gasteiger partial charge is 0.310 e. The second-order valence-corrected chi connectivity index (χ2v) is 15.7. The highest BCUT2D eigenvalue weighted by molar-refractivity contribution is 5.98. The summed E-state index contributed by atoms with van der Waals surface area (Å²) in [6.07, 6.45) is 0. The Bertz CT molecular complexity index is 3090. The van der Waals surface area contributed by atoms with Crippen molar-refractivity contribution >= 4 is 27.8 Å². The van der Waals surface area contributed by atoms with Crippen LogP contribution in [0.1, 0.15) is 22.3 Å². The standard InChI is InChI=1S/C59H41N/c1-4-17-42(18-5-1)48-23-15-28-53(41-48)60(52-37-35-44(36-38-52)46-21-14-22-47(39-46)49-34-33-43-19-10-11-20-45(43)40-49)57-32-16-31-56-58(57)54-29-12-13-30-55(54)59(56,50-24-6-2-7-25-50)51-26-8-3-9-27-51/h1-41H. The molecule has 0 bridgehead atoms. The van der Waals surface area contributed by atoms with Crippen LogP contribution in [0.15, 0.2) is 249 Å². The van der Waals surface area contributed by atoms with Gasteiger partial charge in [0.1, 0.15) is 0 Å². The van der Waals surface area contributed by atoms with E-state index in [0.29, 0.717) is 0 Å². The smallest absolute Gasteiger partial charge is 0.0714 e. The van der Waals surface area contributed by atoms with E-state index in [1.54, 1.807) is 0 Å². The fourth-order valence-electron chi connectivity index (χ4n) is 9.59. The summed E-state index contributed by atoms with van der Waals surface area (Å²) in [5, 5.41) is 2.51. The summed E-state index contributed by atoms with van der Waals surface area (Å²) >= 11 is 0. The van der Waals surface area contributed by atoms with Crippen molar-refractivity contribution in [2.24, 2.45) is 0 Å². The van der Waals surface area contributed by atoms with E-state index in [2.05, 4.69) is 254 Å². The molecule has 0 atom stereocenters. The van der Waals surface area contributed by atoms with Crippen molar-refractivity contribution < 1.29 is 0 Å². The van der Waals surface area contributed by atoms with Gasteiger partial charge in [-0.3, -0.25) is 0 Å². The maximum absolute atomic E-state index is 2.46. The zero-order valence-corrected chi connectivity index (χ0v) is 33.1. The molecule has 1 aliphatic rings. The number of nitrogens with zero attached hydrogens (tertiary/aromatic N) is 1. The van der Waals surface area contributed by atoms with Gasteiger partial charge in [0.05, 0.1) is 11.1 Å². The van der Waals surface area contributed by atoms with Crippen LogP contribution in [0.5, 0.6) is 0 Å². The first-order valence-corrected chi connectivity index (χ1v) is 20.8. The lowest BCUT2D eigenvalue weighted by atomic mass is 9.68. The summed E-state index contributed by atoms with van der Waals surface area (Å²) in [5.74, 6) is 0. The van der Waals surface area contributed by atoms with Crippen LogP contribution in [0.4, 0.5) is 17.1 Å². The van der Waals surface area contributed by atoms with E-state index in [1.807, 2.05) is 0 Å². The number of hydrogen-bond acceptors (Lipinski definition) is 1. The fourth-order valence-corrected chi connectivity index (χ4v) is 9.59. The third-order valence-electron chi connectivity index (χ3n) is 12.3. The maximum atomic E-state index is 2.46. The Kier molecular flexibility index (Phi) is 8.79. The van der Waals surface area contributed by atoms with Gasteiger partial charge in [0.15, 0.2) is 0 Å². The lowest BCUT2D eigenvalue weighted by molar-refractivity contribution is 0.768. The minimum atomic E-state index is -0.498. The first-order chi connectivity index (χ1) is 29.8. The molecule has 0 amide bonds. The molecule has 0 heterocycles. The third-order valence-corrected chi connectivity index (χ3v) is 12.3. The Hall–Kier alpha value is -7.74. The van der Waals surface area contributed by atoms with Crippen LogP contribution in [0.3, 0.4) is 0 Å². The molecule has 11 rings (SSSR count). The Morgan fingerprint density at radius 1 is 0.283 bits per heavy atom. The fraction of sp³-hybridized carbons (Fsp3) is 0.0169. The van der Waals surface area contributed by atoms with Crippen LogP contribution < -0.4 is 4.90 Å². The van der Waals surface area contributed by atoms with E-state index in [1.165, 1.54) is 77.5 Å². The van der Waals surface area contributed by atoms with Gasteiger partial charge in [0.25, 0.3) is 0 Å². The minimum absolute atomic E-state index is 0.498. The monoisotopic (exact) mass is 763 g/mol. The van der Waals surface area contributed by atoms with Crippen LogP contribution in [-0.2, 0) is 5.41 Å². The summed E-state index contributed by atoms with van der Waals surface area (Å²) in [4.78, 5) is 2.46. The zero-order chi connectivity index (χ0) is 39.9. The van der Waals surface area contributed by atoms with Gasteiger partial charge < -0.3 is 4.90 Å². The van der Waals surface area contributed by atoms with Crippen LogP contribution in [0, 0.1) is 0 Å². The number of rotatable bonds is 8. The molecule has 1 aliphatic carbocycles. The molecule has 1 nitrogen and oxygen atoms in total. The Morgan fingerprint density at radius 3 is 1.52 bits per heavy atom. The van der Waals surface area contributed by atoms with E-state index in [0.717, 1.165) is 17.1 Å². The zero-order valence-electron chi connectivity index (χ0n) is 33.1. The molecule has 0 aliphatic heterocycles. The van der Waals surface area contributed by atoms with Crippen molar-refractivity contribution in [3.8, 4) is 44.5 Å². The molecule has 0 spiro atoms. The molecule has 0 saturated carbocycles. The van der Waals surface area contributed by atoms with Crippen molar-refractivity contribution in [3.05, 3.63) is 271 Å². The van der Waals surface area contributed by atoms with Crippen LogP contribution >= 0.6 is 0 Å². The second-order valence-electron chi connectivity index (χ2n) is 15.7. The van der Waals surface area contributed by atoms with Gasteiger partial charge in [-0.1, -0.05) is 206 Å². The van der Waals surface area contributed by atoms with Crippen LogP contribution in [0.2, 0.25) is 0 Å². The molecule has 10 aromatic rings. The second kappa shape index (κ2) is 14.9. The average molecular weight is 764 g/mol. The lowest BCUT2D eigenvalue weighted by Crippen LogP contribution is -2.28. The maximum Gasteiger partial charge on any atom is 0.0714 e. The lowest BCUT2D eigenvalue weighted by Gasteiger charge is -2.34. The predicted molar refractivity (Wildman–Crippen MR) is 252 cm³/mol. The summed E-state index contributed by atoms with van der Waals surface area (Å²) < 4.78 is 0. The summed E-state index contributed by atoms with van der Waals surface area (Å²) in [5.41, 5.74) is 17.6. The van der Waals surface area contributed by atoms with E-state index < -0.39 is 5.41 Å². The van der Waals surface area contributed by atoms with Gasteiger partial charge in [-0.25, -0.2) is 0 Å². The quantitative estimate of drug-likeness (QED) is 0.149. The molecular weight excluding hydrogens is 723 g/mol. The first-order valence-electron chi connectivity index (χ1n) is 20.8. The van der Waals surface area contributed by atoms with E-state index in [9.17, 15) is 0 Å². The first kappa shape index (κ1) is 35.4. The SMILES string of the molecule is c1ccc(-c2cccc(N(c3ccc(-c4cccc(-c5ccc6ccccc6c5)c4)cc3)c3cccc4c3-c3ccccc3C4(c3ccccc3)c3ccccc3)c2)cc1. The highest BCUT2D eigenvalue weighted by atomic mass is 15.1. The Morgan fingerprint density at radius 2 is 0.783 bits per heavy atom. The summed E-state index contributed by atoms with van der Waals surface area (Å²) in [7, 11) is 0. The number of benzene rings is 10. The van der Waals surface area contributed by atoms with Crippen molar-refractivity contribution in [3.63, 3.8) is 0 Å². The molecule has 0 fully saturated rings. The van der Waals surface area contributed by atoms with Crippen molar-refractivity contribution in [2.75, 3.05) is 4.90 Å². The van der Waals surface area contributed by atoms with Gasteiger partial charge in [0.2, 0.25) is 0 Å². The van der Waals surface area contributed by atoms with Crippen molar-refractivity contribution in [2.45, 2.75) is 5.41 Å². The van der Waals surface area contributed by atoms with Gasteiger partial charge in [0, 0.05) is 16.9 Å². The molecule has 0 aromatic heterocycles. The van der Waals surface area contributed by atoms with E-state index in [-0.39, 0.29) is 0 Å². The van der Waals surface area contributed by atoms with Crippen LogP contribution in [-0.4, -0.2) is 0 Å². The third kappa shape index (κ3) is 5.94. The number of fused-ring (bicyclic) bond motifs is 4. The highest BCUT2D eigenvalue weighted by Gasteiger charge is 2.47. The molecule has 1 heteroatoms. The van der Waals surface area contributed by atoms with Crippen molar-refractivity contribution in [1.29, 1.82) is 0 Å². The molecule has 10 aromatic carbocycles. The predicted octanol–water partition coefficient (Wildman–Crippen LogP) is 15.7.